The van der Waals surface area contributed by atoms with Crippen LogP contribution in [0.5, 0.6) is 0 Å². The minimum absolute atomic E-state index is 0.169. The molecule has 3 aromatic carbocycles. The summed E-state index contributed by atoms with van der Waals surface area (Å²) in [5.41, 5.74) is 6.01. The first-order chi connectivity index (χ1) is 13.7. The number of fused-ring (bicyclic) bond motifs is 1. The van der Waals surface area contributed by atoms with E-state index in [4.69, 9.17) is 0 Å². The number of rotatable bonds is 4. The summed E-state index contributed by atoms with van der Waals surface area (Å²) in [6.45, 7) is -0.169. The molecule has 8 heteroatoms. The molecule has 0 fully saturated rings. The van der Waals surface area contributed by atoms with Crippen LogP contribution in [-0.2, 0) is 11.3 Å². The Bertz CT molecular complexity index is 1140. The Balaban J connectivity index is 1.35. The Morgan fingerprint density at radius 3 is 2.43 bits per heavy atom. The molecular formula is C20H16N6O2. The topological polar surface area (TPSA) is 102 Å². The van der Waals surface area contributed by atoms with Crippen molar-refractivity contribution >= 4 is 22.6 Å². The van der Waals surface area contributed by atoms with Crippen molar-refractivity contribution in [3.05, 3.63) is 78.4 Å². The van der Waals surface area contributed by atoms with Crippen LogP contribution < -0.4 is 10.9 Å². The van der Waals surface area contributed by atoms with Crippen LogP contribution in [0, 0.1) is 0 Å². The second-order valence-electron chi connectivity index (χ2n) is 6.07. The summed E-state index contributed by atoms with van der Waals surface area (Å²) >= 11 is 0. The van der Waals surface area contributed by atoms with Gasteiger partial charge < -0.3 is 0 Å². The van der Waals surface area contributed by atoms with Crippen LogP contribution in [0.4, 0.5) is 0 Å². The molecule has 0 radical (unpaired) electrons. The molecule has 0 atom stereocenters. The molecule has 0 bridgehead atoms. The van der Waals surface area contributed by atoms with Gasteiger partial charge in [-0.15, -0.1) is 10.2 Å². The lowest BCUT2D eigenvalue weighted by molar-refractivity contribution is -0.122. The molecule has 0 saturated heterocycles. The Morgan fingerprint density at radius 2 is 1.61 bits per heavy atom. The van der Waals surface area contributed by atoms with Gasteiger partial charge in [-0.05, 0) is 28.1 Å². The van der Waals surface area contributed by atoms with Crippen molar-refractivity contribution in [3.8, 4) is 11.4 Å². The Morgan fingerprint density at radius 1 is 0.857 bits per heavy atom. The number of nitrogens with zero attached hydrogens (tertiary/aromatic N) is 4. The normalized spacial score (nSPS) is 10.6. The summed E-state index contributed by atoms with van der Waals surface area (Å²) in [6.07, 6.45) is 0. The largest absolute Gasteiger partial charge is 0.271 e. The minimum atomic E-state index is -0.467. The predicted octanol–water partition coefficient (Wildman–Crippen LogP) is 1.95. The summed E-state index contributed by atoms with van der Waals surface area (Å²) in [6, 6.07) is 22.4. The van der Waals surface area contributed by atoms with Crippen LogP contribution in [0.25, 0.3) is 22.2 Å². The summed E-state index contributed by atoms with van der Waals surface area (Å²) in [4.78, 5) is 25.5. The first-order valence-electron chi connectivity index (χ1n) is 8.60. The molecule has 0 unspecified atom stereocenters. The molecule has 28 heavy (non-hydrogen) atoms. The minimum Gasteiger partial charge on any atom is -0.271 e. The van der Waals surface area contributed by atoms with E-state index in [1.807, 2.05) is 60.7 Å². The molecule has 8 nitrogen and oxygen atoms in total. The number of amides is 2. The van der Waals surface area contributed by atoms with Gasteiger partial charge in [-0.2, -0.15) is 4.80 Å². The number of hydrogen-bond donors (Lipinski definition) is 2. The molecule has 0 saturated carbocycles. The zero-order valence-corrected chi connectivity index (χ0v) is 14.7. The SMILES string of the molecule is O=C(Cn1nnc(-c2ccccc2)n1)NNC(=O)c1ccc2ccccc2c1. The monoisotopic (exact) mass is 372 g/mol. The number of hydrazine groups is 1. The second-order valence-corrected chi connectivity index (χ2v) is 6.07. The number of tetrazole rings is 1. The van der Waals surface area contributed by atoms with Crippen LogP contribution in [0.2, 0.25) is 0 Å². The van der Waals surface area contributed by atoms with Gasteiger partial charge in [-0.25, -0.2) is 0 Å². The van der Waals surface area contributed by atoms with E-state index in [-0.39, 0.29) is 6.54 Å². The smallest absolute Gasteiger partial charge is 0.269 e. The quantitative estimate of drug-likeness (QED) is 0.533. The lowest BCUT2D eigenvalue weighted by Gasteiger charge is -2.07. The Labute approximate surface area is 160 Å². The van der Waals surface area contributed by atoms with Crippen molar-refractivity contribution in [2.24, 2.45) is 0 Å². The Hall–Kier alpha value is -4.07. The van der Waals surface area contributed by atoms with E-state index in [2.05, 4.69) is 26.3 Å². The van der Waals surface area contributed by atoms with E-state index < -0.39 is 11.8 Å². The van der Waals surface area contributed by atoms with Gasteiger partial charge in [0.2, 0.25) is 5.82 Å². The van der Waals surface area contributed by atoms with E-state index in [0.29, 0.717) is 11.4 Å². The van der Waals surface area contributed by atoms with Crippen LogP contribution in [-0.4, -0.2) is 32.0 Å². The third-order valence-electron chi connectivity index (χ3n) is 4.10. The highest BCUT2D eigenvalue weighted by molar-refractivity contribution is 5.99. The first kappa shape index (κ1) is 17.3. The fourth-order valence-corrected chi connectivity index (χ4v) is 2.71. The highest BCUT2D eigenvalue weighted by atomic mass is 16.2. The van der Waals surface area contributed by atoms with E-state index >= 15 is 0 Å². The number of carbonyl (C=O) groups excluding carboxylic acids is 2. The molecular weight excluding hydrogens is 356 g/mol. The molecule has 0 aliphatic heterocycles. The third-order valence-corrected chi connectivity index (χ3v) is 4.10. The van der Waals surface area contributed by atoms with E-state index in [1.165, 1.54) is 4.80 Å². The van der Waals surface area contributed by atoms with Gasteiger partial charge in [0.05, 0.1) is 0 Å². The summed E-state index contributed by atoms with van der Waals surface area (Å²) < 4.78 is 0. The number of carbonyl (C=O) groups is 2. The lowest BCUT2D eigenvalue weighted by atomic mass is 10.1. The van der Waals surface area contributed by atoms with Crippen LogP contribution >= 0.6 is 0 Å². The van der Waals surface area contributed by atoms with Gasteiger partial charge in [0.15, 0.2) is 0 Å². The van der Waals surface area contributed by atoms with Gasteiger partial charge >= 0.3 is 0 Å². The molecule has 1 heterocycles. The highest BCUT2D eigenvalue weighted by Crippen LogP contribution is 2.15. The fourth-order valence-electron chi connectivity index (χ4n) is 2.71. The number of benzene rings is 3. The average Bonchev–Trinajstić information content (AvgIpc) is 3.20. The van der Waals surface area contributed by atoms with Crippen molar-refractivity contribution < 1.29 is 9.59 Å². The maximum absolute atomic E-state index is 12.3. The highest BCUT2D eigenvalue weighted by Gasteiger charge is 2.11. The fraction of sp³-hybridized carbons (Fsp3) is 0.0500. The van der Waals surface area contributed by atoms with Crippen LogP contribution in [0.15, 0.2) is 72.8 Å². The van der Waals surface area contributed by atoms with E-state index in [9.17, 15) is 9.59 Å². The summed E-state index contributed by atoms with van der Waals surface area (Å²) in [5, 5.41) is 13.9. The average molecular weight is 372 g/mol. The summed E-state index contributed by atoms with van der Waals surface area (Å²) in [7, 11) is 0. The standard InChI is InChI=1S/C20H16N6O2/c27-18(13-26-24-19(22-25-26)15-7-2-1-3-8-15)21-23-20(28)17-11-10-14-6-4-5-9-16(14)12-17/h1-12H,13H2,(H,21,27)(H,23,28). The number of nitrogens with one attached hydrogen (secondary N) is 2. The number of hydrogen-bond acceptors (Lipinski definition) is 5. The van der Waals surface area contributed by atoms with E-state index in [0.717, 1.165) is 16.3 Å². The van der Waals surface area contributed by atoms with Crippen LogP contribution in [0.3, 0.4) is 0 Å². The van der Waals surface area contributed by atoms with Gasteiger partial charge in [0.25, 0.3) is 11.8 Å². The lowest BCUT2D eigenvalue weighted by Crippen LogP contribution is -2.43. The second kappa shape index (κ2) is 7.67. The molecule has 0 aliphatic carbocycles. The molecule has 0 aliphatic rings. The van der Waals surface area contributed by atoms with Crippen LogP contribution in [0.1, 0.15) is 10.4 Å². The van der Waals surface area contributed by atoms with Gasteiger partial charge in [0, 0.05) is 11.1 Å². The molecule has 2 N–H and O–H groups in total. The van der Waals surface area contributed by atoms with Gasteiger partial charge in [-0.1, -0.05) is 60.7 Å². The zero-order chi connectivity index (χ0) is 19.3. The maximum atomic E-state index is 12.3. The van der Waals surface area contributed by atoms with Gasteiger partial charge in [-0.3, -0.25) is 20.4 Å². The predicted molar refractivity (Wildman–Crippen MR) is 103 cm³/mol. The molecule has 0 spiro atoms. The van der Waals surface area contributed by atoms with Crippen molar-refractivity contribution in [2.75, 3.05) is 0 Å². The number of aromatic nitrogens is 4. The molecule has 138 valence electrons. The molecule has 2 amide bonds. The summed E-state index contributed by atoms with van der Waals surface area (Å²) in [5.74, 6) is -0.449. The molecule has 4 rings (SSSR count). The van der Waals surface area contributed by atoms with Crippen molar-refractivity contribution in [1.82, 2.24) is 31.1 Å². The molecule has 1 aromatic heterocycles. The van der Waals surface area contributed by atoms with E-state index in [1.54, 1.807) is 12.1 Å². The third kappa shape index (κ3) is 3.85. The van der Waals surface area contributed by atoms with Crippen molar-refractivity contribution in [1.29, 1.82) is 0 Å². The first-order valence-corrected chi connectivity index (χ1v) is 8.60. The zero-order valence-electron chi connectivity index (χ0n) is 14.7. The van der Waals surface area contributed by atoms with Crippen molar-refractivity contribution in [3.63, 3.8) is 0 Å². The Kier molecular flexibility index (Phi) is 4.75. The molecule has 4 aromatic rings. The maximum Gasteiger partial charge on any atom is 0.269 e. The van der Waals surface area contributed by atoms with Crippen molar-refractivity contribution in [2.45, 2.75) is 6.54 Å². The van der Waals surface area contributed by atoms with Gasteiger partial charge in [0.1, 0.15) is 6.54 Å².